The molecule has 2 aromatic rings. The molecule has 1 aromatic carbocycles. The zero-order valence-electron chi connectivity index (χ0n) is 22.1. The van der Waals surface area contributed by atoms with E-state index in [1.165, 1.54) is 0 Å². The van der Waals surface area contributed by atoms with Gasteiger partial charge in [-0.3, -0.25) is 4.90 Å². The lowest BCUT2D eigenvalue weighted by atomic mass is 10.2. The number of aliphatic hydroxyl groups excluding tert-OH is 1. The number of hydrazone groups is 1. The number of benzene rings is 1. The predicted molar refractivity (Wildman–Crippen MR) is 147 cm³/mol. The number of nitrogens with one attached hydrogen (secondary N) is 2. The zero-order valence-corrected chi connectivity index (χ0v) is 23.0. The van der Waals surface area contributed by atoms with Crippen LogP contribution < -0.4 is 10.7 Å². The molecular formula is C25H42N6O3S. The van der Waals surface area contributed by atoms with E-state index in [9.17, 15) is 9.90 Å². The highest BCUT2D eigenvalue weighted by molar-refractivity contribution is 7.80. The maximum absolute atomic E-state index is 12.5. The highest BCUT2D eigenvalue weighted by Gasteiger charge is 2.31. The summed E-state index contributed by atoms with van der Waals surface area (Å²) in [4.78, 5) is 23.9. The van der Waals surface area contributed by atoms with Gasteiger partial charge >= 0.3 is 6.09 Å². The van der Waals surface area contributed by atoms with Crippen LogP contribution >= 0.6 is 12.6 Å². The van der Waals surface area contributed by atoms with Crippen molar-refractivity contribution in [2.75, 3.05) is 17.3 Å². The Hall–Kier alpha value is -2.85. The largest absolute Gasteiger partial charge is 0.444 e. The predicted octanol–water partition coefficient (Wildman–Crippen LogP) is 5.55. The SMILES string of the molecule is CC.CC.C[C@@H](CO)Nc1nc(N/N=C/c2cccc(S)c2)nc2c1CN(C(=O)OC(C)(C)C)C2.[HH]. The summed E-state index contributed by atoms with van der Waals surface area (Å²) in [5.74, 6) is 0.836. The molecule has 1 aliphatic rings. The van der Waals surface area contributed by atoms with Crippen LogP contribution in [0.2, 0.25) is 0 Å². The van der Waals surface area contributed by atoms with E-state index < -0.39 is 11.7 Å². The Morgan fingerprint density at radius 1 is 1.29 bits per heavy atom. The van der Waals surface area contributed by atoms with Crippen molar-refractivity contribution in [1.82, 2.24) is 14.9 Å². The molecule has 3 N–H and O–H groups in total. The number of aliphatic hydroxyl groups is 1. The number of anilines is 2. The van der Waals surface area contributed by atoms with Crippen LogP contribution in [-0.2, 0) is 17.8 Å². The van der Waals surface area contributed by atoms with Gasteiger partial charge in [-0.2, -0.15) is 10.1 Å². The zero-order chi connectivity index (χ0) is 26.6. The Bertz CT molecular complexity index is 985. The average Bonchev–Trinajstić information content (AvgIpc) is 3.25. The maximum atomic E-state index is 12.5. The topological polar surface area (TPSA) is 112 Å². The number of ether oxygens (including phenoxy) is 1. The van der Waals surface area contributed by atoms with Crippen LogP contribution in [0.5, 0.6) is 0 Å². The molecule has 0 radical (unpaired) electrons. The standard InChI is InChI=1S/C21H28N6O3S.2C2H6.H2/c1-13(12-28)23-18-16-10-27(20(29)30-21(2,3)4)11-17(16)24-19(25-18)26-22-9-14-6-5-7-15(31)8-14;2*1-2;/h5-9,13,28,31H,10-12H2,1-4H3,(H2,23,24,25,26);2*1-2H3;1H/b22-9+;;;/t13-;;;/m0.../s1. The number of aromatic nitrogens is 2. The van der Waals surface area contributed by atoms with Crippen molar-refractivity contribution in [3.63, 3.8) is 0 Å². The molecule has 1 amide bonds. The summed E-state index contributed by atoms with van der Waals surface area (Å²) in [7, 11) is 0. The first-order chi connectivity index (χ1) is 16.6. The lowest BCUT2D eigenvalue weighted by Gasteiger charge is -2.24. The molecule has 0 saturated heterocycles. The first-order valence-corrected chi connectivity index (χ1v) is 12.4. The monoisotopic (exact) mass is 506 g/mol. The minimum atomic E-state index is -0.588. The van der Waals surface area contributed by atoms with Crippen molar-refractivity contribution >= 4 is 36.7 Å². The van der Waals surface area contributed by atoms with Gasteiger partial charge in [-0.15, -0.1) is 12.6 Å². The molecule has 3 rings (SSSR count). The van der Waals surface area contributed by atoms with Gasteiger partial charge in [0.15, 0.2) is 0 Å². The van der Waals surface area contributed by atoms with E-state index in [1.807, 2.05) is 79.7 Å². The molecule has 1 aliphatic heterocycles. The van der Waals surface area contributed by atoms with Gasteiger partial charge in [0.2, 0.25) is 5.95 Å². The van der Waals surface area contributed by atoms with Crippen molar-refractivity contribution < 1.29 is 16.1 Å². The van der Waals surface area contributed by atoms with Gasteiger partial charge < -0.3 is 15.2 Å². The number of thiol groups is 1. The molecule has 0 bridgehead atoms. The van der Waals surface area contributed by atoms with Crippen molar-refractivity contribution in [2.24, 2.45) is 5.10 Å². The molecule has 1 aromatic heterocycles. The number of nitrogens with zero attached hydrogens (tertiary/aromatic N) is 4. The van der Waals surface area contributed by atoms with Crippen LogP contribution in [-0.4, -0.2) is 50.5 Å². The normalized spacial score (nSPS) is 13.1. The summed E-state index contributed by atoms with van der Waals surface area (Å²) in [6.45, 7) is 15.9. The second-order valence-corrected chi connectivity index (χ2v) is 8.87. The molecule has 0 spiro atoms. The van der Waals surface area contributed by atoms with Crippen molar-refractivity contribution in [3.8, 4) is 0 Å². The van der Waals surface area contributed by atoms with Crippen LogP contribution in [0, 0.1) is 0 Å². The third kappa shape index (κ3) is 9.73. The first-order valence-electron chi connectivity index (χ1n) is 12.0. The Morgan fingerprint density at radius 2 is 1.97 bits per heavy atom. The third-order valence-electron chi connectivity index (χ3n) is 4.34. The van der Waals surface area contributed by atoms with Gasteiger partial charge in [-0.25, -0.2) is 15.2 Å². The second kappa shape index (κ2) is 14.5. The van der Waals surface area contributed by atoms with Crippen LogP contribution in [0.1, 0.15) is 73.6 Å². The molecule has 35 heavy (non-hydrogen) atoms. The van der Waals surface area contributed by atoms with Gasteiger partial charge in [0.25, 0.3) is 0 Å². The lowest BCUT2D eigenvalue weighted by Crippen LogP contribution is -2.33. The highest BCUT2D eigenvalue weighted by Crippen LogP contribution is 2.29. The Labute approximate surface area is 216 Å². The fourth-order valence-electron chi connectivity index (χ4n) is 2.93. The number of fused-ring (bicyclic) bond motifs is 1. The molecule has 2 heterocycles. The molecule has 0 saturated carbocycles. The number of hydrogen-bond acceptors (Lipinski definition) is 9. The fraction of sp³-hybridized carbons (Fsp3) is 0.520. The maximum Gasteiger partial charge on any atom is 0.410 e. The number of rotatable bonds is 6. The van der Waals surface area contributed by atoms with Gasteiger partial charge in [-0.05, 0) is 45.4 Å². The molecule has 9 nitrogen and oxygen atoms in total. The van der Waals surface area contributed by atoms with E-state index in [4.69, 9.17) is 4.74 Å². The van der Waals surface area contributed by atoms with Crippen molar-refractivity contribution in [3.05, 3.63) is 41.1 Å². The fourth-order valence-corrected chi connectivity index (χ4v) is 3.16. The summed E-state index contributed by atoms with van der Waals surface area (Å²) >= 11 is 4.32. The van der Waals surface area contributed by atoms with E-state index in [0.717, 1.165) is 16.0 Å². The summed E-state index contributed by atoms with van der Waals surface area (Å²) in [6, 6.07) is 7.34. The average molecular weight is 507 g/mol. The van der Waals surface area contributed by atoms with Crippen LogP contribution in [0.15, 0.2) is 34.3 Å². The molecule has 10 heteroatoms. The van der Waals surface area contributed by atoms with Gasteiger partial charge in [0.1, 0.15) is 11.4 Å². The van der Waals surface area contributed by atoms with Gasteiger partial charge in [0.05, 0.1) is 31.6 Å². The first kappa shape index (κ1) is 30.2. The van der Waals surface area contributed by atoms with Crippen molar-refractivity contribution in [2.45, 2.75) is 85.0 Å². The molecule has 1 atom stereocenters. The summed E-state index contributed by atoms with van der Waals surface area (Å²) in [6.07, 6.45) is 1.23. The van der Waals surface area contributed by atoms with Gasteiger partial charge in [-0.1, -0.05) is 39.8 Å². The van der Waals surface area contributed by atoms with E-state index >= 15 is 0 Å². The number of carbonyl (C=O) groups excluding carboxylic acids is 1. The quantitative estimate of drug-likeness (QED) is 0.231. The molecular weight excluding hydrogens is 464 g/mol. The number of carbonyl (C=O) groups is 1. The van der Waals surface area contributed by atoms with Crippen molar-refractivity contribution in [1.29, 1.82) is 0 Å². The summed E-state index contributed by atoms with van der Waals surface area (Å²) in [5.41, 5.74) is 4.63. The van der Waals surface area contributed by atoms with Crippen LogP contribution in [0.25, 0.3) is 0 Å². The van der Waals surface area contributed by atoms with E-state index in [2.05, 4.69) is 38.4 Å². The van der Waals surface area contributed by atoms with E-state index in [-0.39, 0.29) is 20.0 Å². The molecule has 0 aliphatic carbocycles. The Kier molecular flexibility index (Phi) is 12.5. The summed E-state index contributed by atoms with van der Waals surface area (Å²) < 4.78 is 5.48. The van der Waals surface area contributed by atoms with Crippen LogP contribution in [0.3, 0.4) is 0 Å². The molecule has 0 fully saturated rings. The highest BCUT2D eigenvalue weighted by atomic mass is 32.1. The minimum Gasteiger partial charge on any atom is -0.444 e. The Morgan fingerprint density at radius 3 is 2.57 bits per heavy atom. The number of amides is 1. The third-order valence-corrected chi connectivity index (χ3v) is 4.62. The smallest absolute Gasteiger partial charge is 0.410 e. The second-order valence-electron chi connectivity index (χ2n) is 8.35. The number of hydrogen-bond donors (Lipinski definition) is 4. The van der Waals surface area contributed by atoms with Crippen LogP contribution in [0.4, 0.5) is 16.6 Å². The molecule has 196 valence electrons. The van der Waals surface area contributed by atoms with E-state index in [0.29, 0.717) is 24.6 Å². The lowest BCUT2D eigenvalue weighted by molar-refractivity contribution is 0.0241. The van der Waals surface area contributed by atoms with Gasteiger partial charge in [0, 0.05) is 17.9 Å². The summed E-state index contributed by atoms with van der Waals surface area (Å²) in [5, 5.41) is 16.8. The Balaban J connectivity index is 0.00000233. The van der Waals surface area contributed by atoms with E-state index in [1.54, 1.807) is 11.1 Å². The minimum absolute atomic E-state index is 0. The molecule has 0 unspecified atom stereocenters.